The maximum atomic E-state index is 10.7. The highest BCUT2D eigenvalue weighted by Gasteiger charge is 2.26. The number of benzene rings is 1. The highest BCUT2D eigenvalue weighted by Crippen LogP contribution is 2.39. The molecule has 0 aliphatic carbocycles. The highest BCUT2D eigenvalue weighted by atomic mass is 16.3. The summed E-state index contributed by atoms with van der Waals surface area (Å²) in [5.41, 5.74) is 3.17. The maximum Gasteiger partial charge on any atom is 0.123 e. The Balaban J connectivity index is 3.08. The summed E-state index contributed by atoms with van der Waals surface area (Å²) in [5, 5.41) is 14.2. The monoisotopic (exact) mass is 306 g/mol. The number of aromatic hydroxyl groups is 1. The molecule has 1 rings (SSSR count). The van der Waals surface area contributed by atoms with Crippen LogP contribution in [-0.2, 0) is 17.4 Å². The Bertz CT molecular complexity index is 458. The number of likely N-dealkylation sites (N-methyl/N-ethyl adjacent to an activating group) is 1. The van der Waals surface area contributed by atoms with Gasteiger partial charge in [-0.25, -0.2) is 0 Å². The number of phenolic OH excluding ortho intramolecular Hbond substituents is 1. The van der Waals surface area contributed by atoms with Gasteiger partial charge in [-0.1, -0.05) is 53.7 Å². The van der Waals surface area contributed by atoms with Gasteiger partial charge in [-0.15, -0.1) is 0 Å². The molecule has 0 radical (unpaired) electrons. The van der Waals surface area contributed by atoms with Gasteiger partial charge < -0.3 is 15.3 Å². The molecule has 126 valence electrons. The molecule has 2 N–H and O–H groups in total. The van der Waals surface area contributed by atoms with E-state index in [0.717, 1.165) is 30.8 Å². The smallest absolute Gasteiger partial charge is 0.123 e. The standard InChI is InChI=1S/C19H34N2O/c1-18(2,3)15-11-14(13-20-9-10-21(7)8)12-16(17(15)22)19(4,5)6/h11-12,20,22H,9-10,13H2,1-8H3. The number of rotatable bonds is 5. The molecule has 0 saturated carbocycles. The molecule has 0 unspecified atom stereocenters. The second-order valence-corrected chi connectivity index (χ2v) is 8.52. The average molecular weight is 306 g/mol. The summed E-state index contributed by atoms with van der Waals surface area (Å²) < 4.78 is 0. The van der Waals surface area contributed by atoms with Crippen molar-refractivity contribution in [2.75, 3.05) is 27.2 Å². The Labute approximate surface area is 136 Å². The maximum absolute atomic E-state index is 10.7. The average Bonchev–Trinajstić information content (AvgIpc) is 2.33. The predicted molar refractivity (Wildman–Crippen MR) is 95.8 cm³/mol. The van der Waals surface area contributed by atoms with E-state index in [1.807, 2.05) is 0 Å². The zero-order valence-corrected chi connectivity index (χ0v) is 15.7. The van der Waals surface area contributed by atoms with Gasteiger partial charge in [-0.3, -0.25) is 0 Å². The number of hydrogen-bond acceptors (Lipinski definition) is 3. The predicted octanol–water partition coefficient (Wildman–Crippen LogP) is 3.64. The Hall–Kier alpha value is -1.06. The van der Waals surface area contributed by atoms with Gasteiger partial charge in [-0.05, 0) is 41.6 Å². The normalized spacial score (nSPS) is 13.0. The van der Waals surface area contributed by atoms with Crippen molar-refractivity contribution in [3.8, 4) is 5.75 Å². The first-order chi connectivity index (χ1) is 9.93. The van der Waals surface area contributed by atoms with Gasteiger partial charge in [0.05, 0.1) is 0 Å². The first kappa shape index (κ1) is 19.0. The minimum Gasteiger partial charge on any atom is -0.507 e. The molecule has 0 aliphatic rings. The lowest BCUT2D eigenvalue weighted by Crippen LogP contribution is -2.26. The van der Waals surface area contributed by atoms with E-state index >= 15 is 0 Å². The van der Waals surface area contributed by atoms with Crippen molar-refractivity contribution in [3.05, 3.63) is 28.8 Å². The second kappa shape index (κ2) is 7.01. The topological polar surface area (TPSA) is 35.5 Å². The molecule has 1 aromatic rings. The van der Waals surface area contributed by atoms with Crippen molar-refractivity contribution in [3.63, 3.8) is 0 Å². The van der Waals surface area contributed by atoms with E-state index in [4.69, 9.17) is 0 Å². The van der Waals surface area contributed by atoms with E-state index in [0.29, 0.717) is 5.75 Å². The summed E-state index contributed by atoms with van der Waals surface area (Å²) in [5.74, 6) is 0.456. The van der Waals surface area contributed by atoms with Crippen LogP contribution in [0.5, 0.6) is 5.75 Å². The molecule has 22 heavy (non-hydrogen) atoms. The lowest BCUT2D eigenvalue weighted by Gasteiger charge is -2.28. The van der Waals surface area contributed by atoms with E-state index in [9.17, 15) is 5.11 Å². The Morgan fingerprint density at radius 3 is 1.77 bits per heavy atom. The summed E-state index contributed by atoms with van der Waals surface area (Å²) >= 11 is 0. The third-order valence-electron chi connectivity index (χ3n) is 3.85. The van der Waals surface area contributed by atoms with Gasteiger partial charge in [-0.2, -0.15) is 0 Å². The molecular weight excluding hydrogens is 272 g/mol. The van der Waals surface area contributed by atoms with Gasteiger partial charge in [0.15, 0.2) is 0 Å². The van der Waals surface area contributed by atoms with Crippen LogP contribution in [-0.4, -0.2) is 37.2 Å². The summed E-state index contributed by atoms with van der Waals surface area (Å²) in [6.07, 6.45) is 0. The lowest BCUT2D eigenvalue weighted by molar-refractivity contribution is 0.399. The molecule has 3 heteroatoms. The van der Waals surface area contributed by atoms with Gasteiger partial charge in [0.2, 0.25) is 0 Å². The molecule has 0 spiro atoms. The fraction of sp³-hybridized carbons (Fsp3) is 0.684. The van der Waals surface area contributed by atoms with Crippen LogP contribution in [0, 0.1) is 0 Å². The van der Waals surface area contributed by atoms with Crippen LogP contribution in [0.15, 0.2) is 12.1 Å². The minimum atomic E-state index is -0.0657. The Morgan fingerprint density at radius 1 is 0.955 bits per heavy atom. The van der Waals surface area contributed by atoms with Crippen LogP contribution in [0.4, 0.5) is 0 Å². The SMILES string of the molecule is CN(C)CCNCc1cc(C(C)(C)C)c(O)c(C(C)(C)C)c1. The molecule has 0 aliphatic heterocycles. The van der Waals surface area contributed by atoms with Crippen molar-refractivity contribution < 1.29 is 5.11 Å². The molecular formula is C19H34N2O. The van der Waals surface area contributed by atoms with E-state index in [1.54, 1.807) is 0 Å². The number of hydrogen-bond donors (Lipinski definition) is 2. The molecule has 3 nitrogen and oxygen atoms in total. The van der Waals surface area contributed by atoms with Crippen molar-refractivity contribution in [2.24, 2.45) is 0 Å². The zero-order chi connectivity index (χ0) is 17.1. The second-order valence-electron chi connectivity index (χ2n) is 8.52. The molecule has 0 atom stereocenters. The number of nitrogens with one attached hydrogen (secondary N) is 1. The van der Waals surface area contributed by atoms with Gasteiger partial charge in [0.25, 0.3) is 0 Å². The molecule has 0 fully saturated rings. The first-order valence-corrected chi connectivity index (χ1v) is 8.15. The minimum absolute atomic E-state index is 0.0657. The summed E-state index contributed by atoms with van der Waals surface area (Å²) in [6.45, 7) is 15.7. The number of phenols is 1. The van der Waals surface area contributed by atoms with Crippen molar-refractivity contribution >= 4 is 0 Å². The summed E-state index contributed by atoms with van der Waals surface area (Å²) in [4.78, 5) is 2.17. The largest absolute Gasteiger partial charge is 0.507 e. The van der Waals surface area contributed by atoms with Crippen LogP contribution < -0.4 is 5.32 Å². The molecule has 0 heterocycles. The van der Waals surface area contributed by atoms with E-state index in [-0.39, 0.29) is 10.8 Å². The van der Waals surface area contributed by atoms with E-state index in [2.05, 4.69) is 78.0 Å². The quantitative estimate of drug-likeness (QED) is 0.815. The van der Waals surface area contributed by atoms with E-state index < -0.39 is 0 Å². The molecule has 1 aromatic carbocycles. The van der Waals surface area contributed by atoms with Crippen LogP contribution >= 0.6 is 0 Å². The molecule has 0 saturated heterocycles. The lowest BCUT2D eigenvalue weighted by atomic mass is 9.78. The molecule has 0 bridgehead atoms. The van der Waals surface area contributed by atoms with Crippen molar-refractivity contribution in [1.29, 1.82) is 0 Å². The van der Waals surface area contributed by atoms with Crippen molar-refractivity contribution in [2.45, 2.75) is 58.9 Å². The summed E-state index contributed by atoms with van der Waals surface area (Å²) in [7, 11) is 4.16. The Morgan fingerprint density at radius 2 is 1.41 bits per heavy atom. The zero-order valence-electron chi connectivity index (χ0n) is 15.7. The summed E-state index contributed by atoms with van der Waals surface area (Å²) in [6, 6.07) is 4.29. The van der Waals surface area contributed by atoms with Crippen LogP contribution in [0.2, 0.25) is 0 Å². The van der Waals surface area contributed by atoms with E-state index in [1.165, 1.54) is 5.56 Å². The van der Waals surface area contributed by atoms with Crippen LogP contribution in [0.1, 0.15) is 58.2 Å². The van der Waals surface area contributed by atoms with Crippen molar-refractivity contribution in [1.82, 2.24) is 10.2 Å². The molecule has 0 aromatic heterocycles. The molecule has 0 amide bonds. The third kappa shape index (κ3) is 5.29. The van der Waals surface area contributed by atoms with Gasteiger partial charge >= 0.3 is 0 Å². The van der Waals surface area contributed by atoms with Gasteiger partial charge in [0.1, 0.15) is 5.75 Å². The Kier molecular flexibility index (Phi) is 6.05. The fourth-order valence-corrected chi connectivity index (χ4v) is 2.48. The third-order valence-corrected chi connectivity index (χ3v) is 3.85. The fourth-order valence-electron chi connectivity index (χ4n) is 2.48. The van der Waals surface area contributed by atoms with Crippen LogP contribution in [0.3, 0.4) is 0 Å². The van der Waals surface area contributed by atoms with Gasteiger partial charge in [0, 0.05) is 19.6 Å². The highest BCUT2D eigenvalue weighted by molar-refractivity contribution is 5.49. The first-order valence-electron chi connectivity index (χ1n) is 8.15. The number of nitrogens with zero attached hydrogens (tertiary/aromatic N) is 1. The van der Waals surface area contributed by atoms with Crippen LogP contribution in [0.25, 0.3) is 0 Å².